The number of benzene rings is 1. The van der Waals surface area contributed by atoms with Crippen LogP contribution in [0.5, 0.6) is 5.75 Å². The highest BCUT2D eigenvalue weighted by atomic mass is 19.1. The molecule has 1 atom stereocenters. The summed E-state index contributed by atoms with van der Waals surface area (Å²) in [6, 6.07) is 3.20. The Hall–Kier alpha value is -1.69. The van der Waals surface area contributed by atoms with Crippen molar-refractivity contribution < 1.29 is 18.3 Å². The van der Waals surface area contributed by atoms with Crippen molar-refractivity contribution in [1.29, 1.82) is 0 Å². The van der Waals surface area contributed by atoms with E-state index in [1.54, 1.807) is 0 Å². The molecule has 1 amide bonds. The molecule has 1 aliphatic heterocycles. The largest absolute Gasteiger partial charge is 0.491 e. The predicted molar refractivity (Wildman–Crippen MR) is 84.3 cm³/mol. The van der Waals surface area contributed by atoms with Gasteiger partial charge in [-0.15, -0.1) is 0 Å². The molecule has 4 nitrogen and oxygen atoms in total. The number of likely N-dealkylation sites (tertiary alicyclic amines) is 1. The minimum Gasteiger partial charge on any atom is -0.491 e. The molecule has 1 heterocycles. The van der Waals surface area contributed by atoms with E-state index in [9.17, 15) is 13.6 Å². The fraction of sp³-hybridized carbons (Fsp3) is 0.588. The van der Waals surface area contributed by atoms with Gasteiger partial charge >= 0.3 is 0 Å². The third kappa shape index (κ3) is 5.46. The summed E-state index contributed by atoms with van der Waals surface area (Å²) >= 11 is 0. The maximum absolute atomic E-state index is 13.4. The molecule has 1 fully saturated rings. The lowest BCUT2D eigenvalue weighted by Crippen LogP contribution is -2.42. The van der Waals surface area contributed by atoms with E-state index in [0.717, 1.165) is 44.6 Å². The summed E-state index contributed by atoms with van der Waals surface area (Å²) in [6.45, 7) is 2.78. The molecule has 1 saturated heterocycles. The number of rotatable bonds is 7. The maximum atomic E-state index is 13.4. The summed E-state index contributed by atoms with van der Waals surface area (Å²) in [4.78, 5) is 14.1. The second-order valence-corrected chi connectivity index (χ2v) is 5.93. The third-order valence-electron chi connectivity index (χ3n) is 4.05. The Bertz CT molecular complexity index is 523. The maximum Gasteiger partial charge on any atom is 0.222 e. The summed E-state index contributed by atoms with van der Waals surface area (Å²) < 4.78 is 31.4. The first-order valence-corrected chi connectivity index (χ1v) is 8.10. The average Bonchev–Trinajstić information content (AvgIpc) is 2.53. The Balaban J connectivity index is 1.70. The van der Waals surface area contributed by atoms with E-state index in [1.165, 1.54) is 6.07 Å². The van der Waals surface area contributed by atoms with Crippen molar-refractivity contribution in [2.75, 3.05) is 33.3 Å². The molecule has 1 aromatic carbocycles. The van der Waals surface area contributed by atoms with E-state index < -0.39 is 11.6 Å². The molecule has 1 aromatic rings. The van der Waals surface area contributed by atoms with Crippen molar-refractivity contribution in [3.8, 4) is 5.75 Å². The number of halogens is 2. The molecule has 0 aliphatic carbocycles. The van der Waals surface area contributed by atoms with Crippen LogP contribution in [0.15, 0.2) is 18.2 Å². The third-order valence-corrected chi connectivity index (χ3v) is 4.05. The highest BCUT2D eigenvalue weighted by Crippen LogP contribution is 2.19. The van der Waals surface area contributed by atoms with Crippen LogP contribution in [0.25, 0.3) is 0 Å². The average molecular weight is 326 g/mol. The Morgan fingerprint density at radius 3 is 3.00 bits per heavy atom. The van der Waals surface area contributed by atoms with Crippen molar-refractivity contribution >= 4 is 5.91 Å². The van der Waals surface area contributed by atoms with Crippen LogP contribution in [0.2, 0.25) is 0 Å². The van der Waals surface area contributed by atoms with Gasteiger partial charge in [0.05, 0.1) is 6.61 Å². The molecule has 2 rings (SSSR count). The summed E-state index contributed by atoms with van der Waals surface area (Å²) in [5, 5.41) is 3.16. The van der Waals surface area contributed by atoms with Crippen LogP contribution in [0.4, 0.5) is 8.78 Å². The smallest absolute Gasteiger partial charge is 0.222 e. The monoisotopic (exact) mass is 326 g/mol. The molecule has 0 bridgehead atoms. The summed E-state index contributed by atoms with van der Waals surface area (Å²) in [5.74, 6) is -0.698. The van der Waals surface area contributed by atoms with Crippen molar-refractivity contribution in [2.24, 2.45) is 5.92 Å². The normalized spacial score (nSPS) is 18.0. The van der Waals surface area contributed by atoms with Crippen LogP contribution in [-0.2, 0) is 4.79 Å². The topological polar surface area (TPSA) is 41.6 Å². The molecule has 128 valence electrons. The van der Waals surface area contributed by atoms with Gasteiger partial charge < -0.3 is 15.0 Å². The van der Waals surface area contributed by atoms with Gasteiger partial charge in [0, 0.05) is 25.6 Å². The highest BCUT2D eigenvalue weighted by molar-refractivity contribution is 5.76. The lowest BCUT2D eigenvalue weighted by Gasteiger charge is -2.32. The number of carbonyl (C=O) groups is 1. The van der Waals surface area contributed by atoms with Gasteiger partial charge in [-0.05, 0) is 50.9 Å². The van der Waals surface area contributed by atoms with Gasteiger partial charge in [-0.25, -0.2) is 8.78 Å². The van der Waals surface area contributed by atoms with E-state index in [0.29, 0.717) is 18.8 Å². The standard InChI is InChI=1S/C17H24F2N2O2/c1-20-11-13-4-2-8-21(12-13)17(22)5-3-9-23-16-7-6-14(18)10-15(16)19/h6-7,10,13,20H,2-5,8-9,11-12H2,1H3/t13-/m1/s1. The molecule has 0 spiro atoms. The lowest BCUT2D eigenvalue weighted by molar-refractivity contribution is -0.133. The summed E-state index contributed by atoms with van der Waals surface area (Å²) in [5.41, 5.74) is 0. The molecule has 1 aliphatic rings. The number of carbonyl (C=O) groups excluding carboxylic acids is 1. The van der Waals surface area contributed by atoms with Crippen LogP contribution < -0.4 is 10.1 Å². The Kier molecular flexibility index (Phi) is 6.77. The van der Waals surface area contributed by atoms with Crippen molar-refractivity contribution in [1.82, 2.24) is 10.2 Å². The highest BCUT2D eigenvalue weighted by Gasteiger charge is 2.22. The molecule has 0 aromatic heterocycles. The zero-order valence-electron chi connectivity index (χ0n) is 13.5. The van der Waals surface area contributed by atoms with Gasteiger partial charge in [0.2, 0.25) is 5.91 Å². The van der Waals surface area contributed by atoms with E-state index in [1.807, 2.05) is 11.9 Å². The van der Waals surface area contributed by atoms with Crippen molar-refractivity contribution in [2.45, 2.75) is 25.7 Å². The minimum atomic E-state index is -0.720. The SMILES string of the molecule is CNC[C@H]1CCCN(C(=O)CCCOc2ccc(F)cc2F)C1. The van der Waals surface area contributed by atoms with E-state index in [-0.39, 0.29) is 18.3 Å². The van der Waals surface area contributed by atoms with Gasteiger partial charge in [-0.3, -0.25) is 4.79 Å². The number of ether oxygens (including phenoxy) is 1. The quantitative estimate of drug-likeness (QED) is 0.783. The Morgan fingerprint density at radius 2 is 2.26 bits per heavy atom. The lowest BCUT2D eigenvalue weighted by atomic mass is 9.97. The molecule has 0 radical (unpaired) electrons. The molecule has 0 unspecified atom stereocenters. The summed E-state index contributed by atoms with van der Waals surface area (Å²) in [7, 11) is 1.92. The zero-order valence-corrected chi connectivity index (χ0v) is 13.5. The van der Waals surface area contributed by atoms with Gasteiger partial charge in [-0.1, -0.05) is 0 Å². The Morgan fingerprint density at radius 1 is 1.43 bits per heavy atom. The van der Waals surface area contributed by atoms with Gasteiger partial charge in [0.15, 0.2) is 11.6 Å². The second kappa shape index (κ2) is 8.82. The molecular formula is C17H24F2N2O2. The summed E-state index contributed by atoms with van der Waals surface area (Å²) in [6.07, 6.45) is 3.09. The number of hydrogen-bond acceptors (Lipinski definition) is 3. The minimum absolute atomic E-state index is 0.0194. The molecule has 23 heavy (non-hydrogen) atoms. The number of amides is 1. The molecule has 6 heteroatoms. The Labute approximate surface area is 135 Å². The number of nitrogens with one attached hydrogen (secondary N) is 1. The van der Waals surface area contributed by atoms with Crippen molar-refractivity contribution in [3.63, 3.8) is 0 Å². The zero-order chi connectivity index (χ0) is 16.7. The van der Waals surface area contributed by atoms with Gasteiger partial charge in [-0.2, -0.15) is 0 Å². The van der Waals surface area contributed by atoms with E-state index >= 15 is 0 Å². The van der Waals surface area contributed by atoms with Crippen molar-refractivity contribution in [3.05, 3.63) is 29.8 Å². The molecule has 0 saturated carbocycles. The number of hydrogen-bond donors (Lipinski definition) is 1. The number of nitrogens with zero attached hydrogens (tertiary/aromatic N) is 1. The van der Waals surface area contributed by atoms with E-state index in [4.69, 9.17) is 4.74 Å². The van der Waals surface area contributed by atoms with Crippen LogP contribution in [0, 0.1) is 17.6 Å². The van der Waals surface area contributed by atoms with Gasteiger partial charge in [0.25, 0.3) is 0 Å². The predicted octanol–water partition coefficient (Wildman–Crippen LogP) is 2.58. The van der Waals surface area contributed by atoms with Crippen LogP contribution in [0.3, 0.4) is 0 Å². The first kappa shape index (κ1) is 17.7. The molecular weight excluding hydrogens is 302 g/mol. The second-order valence-electron chi connectivity index (χ2n) is 5.93. The van der Waals surface area contributed by atoms with Gasteiger partial charge in [0.1, 0.15) is 5.82 Å². The van der Waals surface area contributed by atoms with E-state index in [2.05, 4.69) is 5.32 Å². The van der Waals surface area contributed by atoms with Crippen LogP contribution >= 0.6 is 0 Å². The first-order chi connectivity index (χ1) is 11.1. The number of piperidine rings is 1. The van der Waals surface area contributed by atoms with Crippen LogP contribution in [0.1, 0.15) is 25.7 Å². The fourth-order valence-electron chi connectivity index (χ4n) is 2.90. The fourth-order valence-corrected chi connectivity index (χ4v) is 2.90. The first-order valence-electron chi connectivity index (χ1n) is 8.10. The molecule has 1 N–H and O–H groups in total. The van der Waals surface area contributed by atoms with Crippen LogP contribution in [-0.4, -0.2) is 44.1 Å².